The van der Waals surface area contributed by atoms with E-state index in [-0.39, 0.29) is 5.82 Å². The summed E-state index contributed by atoms with van der Waals surface area (Å²) in [7, 11) is 2.90. The Morgan fingerprint density at radius 3 is 2.63 bits per heavy atom. The molecule has 1 rings (SSSR count). The molecule has 0 aliphatic carbocycles. The van der Waals surface area contributed by atoms with Gasteiger partial charge < -0.3 is 14.8 Å². The van der Waals surface area contributed by atoms with Crippen molar-refractivity contribution in [2.75, 3.05) is 19.5 Å². The fourth-order valence-corrected chi connectivity index (χ4v) is 1.69. The predicted molar refractivity (Wildman–Crippen MR) is 71.5 cm³/mol. The summed E-state index contributed by atoms with van der Waals surface area (Å²) < 4.78 is 23.2. The van der Waals surface area contributed by atoms with Gasteiger partial charge in [-0.2, -0.15) is 0 Å². The van der Waals surface area contributed by atoms with Crippen molar-refractivity contribution in [3.63, 3.8) is 0 Å². The van der Waals surface area contributed by atoms with Gasteiger partial charge in [-0.15, -0.1) is 0 Å². The number of benzene rings is 1. The third-order valence-corrected chi connectivity index (χ3v) is 2.90. The number of methoxy groups -OCH3 is 2. The molecular weight excluding hydrogens is 249 g/mol. The van der Waals surface area contributed by atoms with Crippen LogP contribution in [0.25, 0.3) is 0 Å². The van der Waals surface area contributed by atoms with Crippen LogP contribution in [0.4, 0.5) is 10.1 Å². The quantitative estimate of drug-likeness (QED) is 0.806. The molecule has 1 N–H and O–H groups in total. The number of anilines is 1. The van der Waals surface area contributed by atoms with Crippen molar-refractivity contribution < 1.29 is 18.7 Å². The van der Waals surface area contributed by atoms with Gasteiger partial charge in [-0.3, -0.25) is 0 Å². The summed E-state index contributed by atoms with van der Waals surface area (Å²) in [6.07, 6.45) is 0.409. The first-order valence-electron chi connectivity index (χ1n) is 6.03. The molecule has 0 radical (unpaired) electrons. The van der Waals surface area contributed by atoms with Crippen LogP contribution in [0.1, 0.15) is 20.3 Å². The highest BCUT2D eigenvalue weighted by Gasteiger charge is 2.28. The number of carbonyl (C=O) groups excluding carboxylic acids is 1. The van der Waals surface area contributed by atoms with Crippen LogP contribution >= 0.6 is 0 Å². The molecule has 1 aromatic rings. The number of ether oxygens (including phenoxy) is 2. The lowest BCUT2D eigenvalue weighted by atomic mass is 9.98. The van der Waals surface area contributed by atoms with Crippen molar-refractivity contribution in [1.29, 1.82) is 0 Å². The average Bonchev–Trinajstić information content (AvgIpc) is 2.37. The zero-order chi connectivity index (χ0) is 14.5. The predicted octanol–water partition coefficient (Wildman–Crippen LogP) is 2.59. The molecule has 1 unspecified atom stereocenters. The monoisotopic (exact) mass is 269 g/mol. The molecule has 4 nitrogen and oxygen atoms in total. The van der Waals surface area contributed by atoms with Gasteiger partial charge >= 0.3 is 5.97 Å². The first-order chi connectivity index (χ1) is 8.88. The molecule has 106 valence electrons. The smallest absolute Gasteiger partial charge is 0.328 e. The number of hydrogen-bond donors (Lipinski definition) is 1. The Morgan fingerprint density at radius 2 is 2.11 bits per heavy atom. The second-order valence-corrected chi connectivity index (χ2v) is 4.90. The highest BCUT2D eigenvalue weighted by atomic mass is 19.1. The van der Waals surface area contributed by atoms with E-state index in [1.807, 2.05) is 13.8 Å². The standard InChI is InChI=1S/C14H20FNO3/c1-14(2,19-4)9-12(13(17)18-3)16-11-7-5-6-10(15)8-11/h5-8,12,16H,9H2,1-4H3. The van der Waals surface area contributed by atoms with E-state index < -0.39 is 17.6 Å². The van der Waals surface area contributed by atoms with Gasteiger partial charge in [0.15, 0.2) is 0 Å². The molecule has 0 bridgehead atoms. The van der Waals surface area contributed by atoms with E-state index in [9.17, 15) is 9.18 Å². The minimum absolute atomic E-state index is 0.361. The Morgan fingerprint density at radius 1 is 1.42 bits per heavy atom. The summed E-state index contributed by atoms with van der Waals surface area (Å²) in [6, 6.07) is 5.35. The first-order valence-corrected chi connectivity index (χ1v) is 6.03. The minimum Gasteiger partial charge on any atom is -0.467 e. The SMILES string of the molecule is COC(=O)C(CC(C)(C)OC)Nc1cccc(F)c1. The minimum atomic E-state index is -0.596. The van der Waals surface area contributed by atoms with Gasteiger partial charge in [-0.25, -0.2) is 9.18 Å². The molecule has 0 saturated carbocycles. The normalized spacial score (nSPS) is 12.9. The van der Waals surface area contributed by atoms with Crippen LogP contribution < -0.4 is 5.32 Å². The van der Waals surface area contributed by atoms with Crippen molar-refractivity contribution in [2.45, 2.75) is 31.9 Å². The summed E-state index contributed by atoms with van der Waals surface area (Å²) in [5.41, 5.74) is 0.0430. The Labute approximate surface area is 112 Å². The van der Waals surface area contributed by atoms with Crippen LogP contribution in [0, 0.1) is 5.82 Å². The van der Waals surface area contributed by atoms with Crippen LogP contribution in [0.3, 0.4) is 0 Å². The summed E-state index contributed by atoms with van der Waals surface area (Å²) in [5, 5.41) is 2.97. The molecule has 5 heteroatoms. The van der Waals surface area contributed by atoms with Gasteiger partial charge in [-0.05, 0) is 32.0 Å². The molecule has 0 heterocycles. The molecule has 0 saturated heterocycles. The zero-order valence-corrected chi connectivity index (χ0v) is 11.7. The maximum Gasteiger partial charge on any atom is 0.328 e. The van der Waals surface area contributed by atoms with Crippen molar-refractivity contribution in [1.82, 2.24) is 0 Å². The Bertz CT molecular complexity index is 434. The van der Waals surface area contributed by atoms with E-state index >= 15 is 0 Å². The molecule has 0 aliphatic rings. The molecule has 0 aromatic heterocycles. The molecule has 0 amide bonds. The van der Waals surface area contributed by atoms with Gasteiger partial charge in [0.2, 0.25) is 0 Å². The maximum absolute atomic E-state index is 13.1. The number of esters is 1. The van der Waals surface area contributed by atoms with E-state index in [2.05, 4.69) is 5.32 Å². The molecular formula is C14H20FNO3. The molecule has 1 aromatic carbocycles. The lowest BCUT2D eigenvalue weighted by Gasteiger charge is -2.28. The van der Waals surface area contributed by atoms with E-state index in [4.69, 9.17) is 9.47 Å². The van der Waals surface area contributed by atoms with Crippen molar-refractivity contribution in [2.24, 2.45) is 0 Å². The summed E-state index contributed by atoms with van der Waals surface area (Å²) in [5.74, 6) is -0.769. The van der Waals surface area contributed by atoms with Gasteiger partial charge in [0.1, 0.15) is 11.9 Å². The lowest BCUT2D eigenvalue weighted by Crippen LogP contribution is -2.39. The highest BCUT2D eigenvalue weighted by molar-refractivity contribution is 5.79. The second kappa shape index (κ2) is 6.52. The van der Waals surface area contributed by atoms with E-state index in [1.54, 1.807) is 19.2 Å². The van der Waals surface area contributed by atoms with Gasteiger partial charge in [-0.1, -0.05) is 6.07 Å². The fraction of sp³-hybridized carbons (Fsp3) is 0.500. The van der Waals surface area contributed by atoms with Crippen LogP contribution in [-0.2, 0) is 14.3 Å². The Kier molecular flexibility index (Phi) is 5.30. The zero-order valence-electron chi connectivity index (χ0n) is 11.7. The first kappa shape index (κ1) is 15.4. The van der Waals surface area contributed by atoms with Crippen LogP contribution in [0.2, 0.25) is 0 Å². The van der Waals surface area contributed by atoms with Crippen molar-refractivity contribution in [3.05, 3.63) is 30.1 Å². The summed E-state index contributed by atoms with van der Waals surface area (Å²) in [6.45, 7) is 3.74. The fourth-order valence-electron chi connectivity index (χ4n) is 1.69. The third-order valence-electron chi connectivity index (χ3n) is 2.90. The molecule has 0 spiro atoms. The molecule has 1 atom stereocenters. The van der Waals surface area contributed by atoms with Crippen LogP contribution in [0.5, 0.6) is 0 Å². The number of hydrogen-bond acceptors (Lipinski definition) is 4. The van der Waals surface area contributed by atoms with Gasteiger partial charge in [0.05, 0.1) is 12.7 Å². The molecule has 0 fully saturated rings. The summed E-state index contributed by atoms with van der Waals surface area (Å²) >= 11 is 0. The lowest BCUT2D eigenvalue weighted by molar-refractivity contribution is -0.143. The highest BCUT2D eigenvalue weighted by Crippen LogP contribution is 2.20. The number of carbonyl (C=O) groups is 1. The van der Waals surface area contributed by atoms with Gasteiger partial charge in [0, 0.05) is 19.2 Å². The number of rotatable bonds is 6. The second-order valence-electron chi connectivity index (χ2n) is 4.90. The third kappa shape index (κ3) is 4.87. The van der Waals surface area contributed by atoms with E-state index in [0.29, 0.717) is 12.1 Å². The average molecular weight is 269 g/mol. The molecule has 19 heavy (non-hydrogen) atoms. The largest absolute Gasteiger partial charge is 0.467 e. The van der Waals surface area contributed by atoms with Crippen LogP contribution in [0.15, 0.2) is 24.3 Å². The maximum atomic E-state index is 13.1. The molecule has 0 aliphatic heterocycles. The van der Waals surface area contributed by atoms with E-state index in [0.717, 1.165) is 0 Å². The summed E-state index contributed by atoms with van der Waals surface area (Å²) in [4.78, 5) is 11.8. The van der Waals surface area contributed by atoms with Crippen molar-refractivity contribution >= 4 is 11.7 Å². The van der Waals surface area contributed by atoms with Crippen molar-refractivity contribution in [3.8, 4) is 0 Å². The Hall–Kier alpha value is -1.62. The topological polar surface area (TPSA) is 47.6 Å². The van der Waals surface area contributed by atoms with Crippen LogP contribution in [-0.4, -0.2) is 31.8 Å². The van der Waals surface area contributed by atoms with E-state index in [1.165, 1.54) is 19.2 Å². The Balaban J connectivity index is 2.83. The number of halogens is 1. The number of nitrogens with one attached hydrogen (secondary N) is 1. The van der Waals surface area contributed by atoms with Gasteiger partial charge in [0.25, 0.3) is 0 Å².